The molecular formula is C17H24N2O2. The standard InChI is InChI=1S/C17H24N2O2/c1-12-3-5-14(6-4-12)16(20)7-8-17(21)19-15-11-18-10-9-13(15)2/h3-6,13,15,18H,7-11H2,1-2H3,(H,19,21). The van der Waals surface area contributed by atoms with E-state index in [9.17, 15) is 9.59 Å². The quantitative estimate of drug-likeness (QED) is 0.816. The van der Waals surface area contributed by atoms with Gasteiger partial charge in [0, 0.05) is 31.0 Å². The highest BCUT2D eigenvalue weighted by Crippen LogP contribution is 2.12. The molecule has 2 N–H and O–H groups in total. The summed E-state index contributed by atoms with van der Waals surface area (Å²) in [6.45, 7) is 5.97. The van der Waals surface area contributed by atoms with Crippen molar-refractivity contribution in [2.75, 3.05) is 13.1 Å². The molecule has 1 fully saturated rings. The van der Waals surface area contributed by atoms with Gasteiger partial charge in [-0.3, -0.25) is 9.59 Å². The Bertz CT molecular complexity index is 496. The number of nitrogens with one attached hydrogen (secondary N) is 2. The van der Waals surface area contributed by atoms with Crippen LogP contribution in [0, 0.1) is 12.8 Å². The van der Waals surface area contributed by atoms with E-state index in [0.717, 1.165) is 25.1 Å². The first-order chi connectivity index (χ1) is 10.1. The smallest absolute Gasteiger partial charge is 0.220 e. The lowest BCUT2D eigenvalue weighted by molar-refractivity contribution is -0.122. The first-order valence-corrected chi connectivity index (χ1v) is 7.66. The number of piperidine rings is 1. The molecule has 1 heterocycles. The molecule has 1 aliphatic heterocycles. The molecule has 21 heavy (non-hydrogen) atoms. The molecule has 0 aliphatic carbocycles. The Morgan fingerprint density at radius 2 is 1.95 bits per heavy atom. The Balaban J connectivity index is 1.78. The van der Waals surface area contributed by atoms with E-state index >= 15 is 0 Å². The Morgan fingerprint density at radius 1 is 1.24 bits per heavy atom. The molecule has 0 spiro atoms. The summed E-state index contributed by atoms with van der Waals surface area (Å²) < 4.78 is 0. The van der Waals surface area contributed by atoms with Crippen LogP contribution in [-0.4, -0.2) is 30.8 Å². The first kappa shape index (κ1) is 15.7. The highest BCUT2D eigenvalue weighted by atomic mass is 16.2. The molecule has 1 aromatic rings. The normalized spacial score (nSPS) is 21.8. The molecule has 0 radical (unpaired) electrons. The van der Waals surface area contributed by atoms with E-state index in [-0.39, 0.29) is 30.6 Å². The number of amides is 1. The summed E-state index contributed by atoms with van der Waals surface area (Å²) in [7, 11) is 0. The Labute approximate surface area is 126 Å². The minimum Gasteiger partial charge on any atom is -0.352 e. The minimum absolute atomic E-state index is 0.0277. The van der Waals surface area contributed by atoms with Crippen LogP contribution in [0.3, 0.4) is 0 Å². The van der Waals surface area contributed by atoms with Gasteiger partial charge in [0.1, 0.15) is 0 Å². The van der Waals surface area contributed by atoms with E-state index in [0.29, 0.717) is 11.5 Å². The lowest BCUT2D eigenvalue weighted by atomic mass is 9.94. The van der Waals surface area contributed by atoms with Crippen LogP contribution in [-0.2, 0) is 4.79 Å². The summed E-state index contributed by atoms with van der Waals surface area (Å²) >= 11 is 0. The molecule has 1 aliphatic rings. The van der Waals surface area contributed by atoms with Crippen LogP contribution in [0.5, 0.6) is 0 Å². The number of aryl methyl sites for hydroxylation is 1. The minimum atomic E-state index is -0.0315. The maximum atomic E-state index is 12.0. The zero-order valence-electron chi connectivity index (χ0n) is 12.8. The second-order valence-electron chi connectivity index (χ2n) is 5.93. The summed E-state index contributed by atoms with van der Waals surface area (Å²) in [5.41, 5.74) is 1.81. The second kappa shape index (κ2) is 7.36. The van der Waals surface area contributed by atoms with Crippen LogP contribution in [0.4, 0.5) is 0 Å². The molecule has 4 nitrogen and oxygen atoms in total. The van der Waals surface area contributed by atoms with E-state index in [1.54, 1.807) is 0 Å². The van der Waals surface area contributed by atoms with Crippen molar-refractivity contribution in [1.82, 2.24) is 10.6 Å². The zero-order chi connectivity index (χ0) is 15.2. The molecule has 1 amide bonds. The number of carbonyl (C=O) groups is 2. The van der Waals surface area contributed by atoms with Crippen LogP contribution in [0.1, 0.15) is 42.1 Å². The van der Waals surface area contributed by atoms with Gasteiger partial charge < -0.3 is 10.6 Å². The van der Waals surface area contributed by atoms with Crippen molar-refractivity contribution >= 4 is 11.7 Å². The summed E-state index contributed by atoms with van der Waals surface area (Å²) in [6, 6.07) is 7.66. The van der Waals surface area contributed by atoms with Gasteiger partial charge in [0.05, 0.1) is 0 Å². The van der Waals surface area contributed by atoms with Crippen LogP contribution in [0.2, 0.25) is 0 Å². The van der Waals surface area contributed by atoms with Crippen molar-refractivity contribution in [2.24, 2.45) is 5.92 Å². The molecule has 0 saturated carbocycles. The highest BCUT2D eigenvalue weighted by molar-refractivity contribution is 5.97. The van der Waals surface area contributed by atoms with E-state index in [2.05, 4.69) is 17.6 Å². The van der Waals surface area contributed by atoms with Crippen molar-refractivity contribution in [2.45, 2.75) is 39.2 Å². The fourth-order valence-electron chi connectivity index (χ4n) is 2.57. The monoisotopic (exact) mass is 288 g/mol. The van der Waals surface area contributed by atoms with Crippen molar-refractivity contribution in [1.29, 1.82) is 0 Å². The lowest BCUT2D eigenvalue weighted by Gasteiger charge is -2.30. The van der Waals surface area contributed by atoms with E-state index in [1.807, 2.05) is 31.2 Å². The van der Waals surface area contributed by atoms with Crippen molar-refractivity contribution in [3.8, 4) is 0 Å². The largest absolute Gasteiger partial charge is 0.352 e. The number of hydrogen-bond acceptors (Lipinski definition) is 3. The molecule has 4 heteroatoms. The molecule has 1 aromatic carbocycles. The number of ketones is 1. The van der Waals surface area contributed by atoms with Crippen LogP contribution < -0.4 is 10.6 Å². The van der Waals surface area contributed by atoms with E-state index < -0.39 is 0 Å². The number of rotatable bonds is 5. The zero-order valence-corrected chi connectivity index (χ0v) is 12.8. The van der Waals surface area contributed by atoms with Gasteiger partial charge in [-0.1, -0.05) is 36.8 Å². The van der Waals surface area contributed by atoms with Gasteiger partial charge in [0.2, 0.25) is 5.91 Å². The van der Waals surface area contributed by atoms with Crippen molar-refractivity contribution < 1.29 is 9.59 Å². The SMILES string of the molecule is Cc1ccc(C(=O)CCC(=O)NC2CNCCC2C)cc1. The lowest BCUT2D eigenvalue weighted by Crippen LogP contribution is -2.50. The molecular weight excluding hydrogens is 264 g/mol. The number of Topliss-reactive ketones (excluding diaryl/α,β-unsaturated/α-hetero) is 1. The molecule has 114 valence electrons. The van der Waals surface area contributed by atoms with Gasteiger partial charge in [-0.15, -0.1) is 0 Å². The average Bonchev–Trinajstić information content (AvgIpc) is 2.48. The van der Waals surface area contributed by atoms with Gasteiger partial charge in [0.15, 0.2) is 5.78 Å². The Morgan fingerprint density at radius 3 is 2.62 bits per heavy atom. The van der Waals surface area contributed by atoms with Gasteiger partial charge >= 0.3 is 0 Å². The molecule has 0 bridgehead atoms. The maximum Gasteiger partial charge on any atom is 0.220 e. The van der Waals surface area contributed by atoms with Gasteiger partial charge in [-0.2, -0.15) is 0 Å². The third-order valence-electron chi connectivity index (χ3n) is 4.13. The first-order valence-electron chi connectivity index (χ1n) is 7.66. The molecule has 2 atom stereocenters. The van der Waals surface area contributed by atoms with Gasteiger partial charge in [-0.05, 0) is 25.8 Å². The predicted octanol–water partition coefficient (Wildman–Crippen LogP) is 2.07. The third-order valence-corrected chi connectivity index (χ3v) is 4.13. The van der Waals surface area contributed by atoms with Gasteiger partial charge in [-0.25, -0.2) is 0 Å². The number of benzene rings is 1. The Kier molecular flexibility index (Phi) is 5.51. The van der Waals surface area contributed by atoms with E-state index in [1.165, 1.54) is 0 Å². The van der Waals surface area contributed by atoms with Crippen molar-refractivity contribution in [3.05, 3.63) is 35.4 Å². The number of hydrogen-bond donors (Lipinski definition) is 2. The fourth-order valence-corrected chi connectivity index (χ4v) is 2.57. The van der Waals surface area contributed by atoms with E-state index in [4.69, 9.17) is 0 Å². The molecule has 2 unspecified atom stereocenters. The molecule has 0 aromatic heterocycles. The van der Waals surface area contributed by atoms with Crippen LogP contribution >= 0.6 is 0 Å². The highest BCUT2D eigenvalue weighted by Gasteiger charge is 2.22. The topological polar surface area (TPSA) is 58.2 Å². The maximum absolute atomic E-state index is 12.0. The summed E-state index contributed by atoms with van der Waals surface area (Å²) in [6.07, 6.45) is 1.60. The average molecular weight is 288 g/mol. The summed E-state index contributed by atoms with van der Waals surface area (Å²) in [5, 5.41) is 6.32. The second-order valence-corrected chi connectivity index (χ2v) is 5.93. The summed E-state index contributed by atoms with van der Waals surface area (Å²) in [4.78, 5) is 24.0. The predicted molar refractivity (Wildman–Crippen MR) is 83.3 cm³/mol. The molecule has 1 saturated heterocycles. The third kappa shape index (κ3) is 4.67. The van der Waals surface area contributed by atoms with Crippen LogP contribution in [0.15, 0.2) is 24.3 Å². The molecule has 2 rings (SSSR count). The van der Waals surface area contributed by atoms with Crippen LogP contribution in [0.25, 0.3) is 0 Å². The fraction of sp³-hybridized carbons (Fsp3) is 0.529. The summed E-state index contributed by atoms with van der Waals surface area (Å²) in [5.74, 6) is 0.485. The van der Waals surface area contributed by atoms with Gasteiger partial charge in [0.25, 0.3) is 0 Å². The number of carbonyl (C=O) groups excluding carboxylic acids is 2. The Hall–Kier alpha value is -1.68. The van der Waals surface area contributed by atoms with Crippen molar-refractivity contribution in [3.63, 3.8) is 0 Å².